The Balaban J connectivity index is 1.43. The number of urea groups is 1. The van der Waals surface area contributed by atoms with E-state index in [0.717, 1.165) is 30.5 Å². The second-order valence-electron chi connectivity index (χ2n) is 7.56. The number of carbonyl (C=O) groups excluding carboxylic acids is 2. The van der Waals surface area contributed by atoms with E-state index in [-0.39, 0.29) is 11.9 Å². The molecule has 0 aliphatic carbocycles. The summed E-state index contributed by atoms with van der Waals surface area (Å²) >= 11 is 6.00. The quantitative estimate of drug-likeness (QED) is 0.558. The van der Waals surface area contributed by atoms with Crippen molar-refractivity contribution in [3.63, 3.8) is 0 Å². The van der Waals surface area contributed by atoms with Crippen molar-refractivity contribution in [3.8, 4) is 0 Å². The summed E-state index contributed by atoms with van der Waals surface area (Å²) in [5.41, 5.74) is 4.13. The lowest BCUT2D eigenvalue weighted by molar-refractivity contribution is 0.0951. The van der Waals surface area contributed by atoms with Crippen molar-refractivity contribution in [2.75, 3.05) is 16.8 Å². The highest BCUT2D eigenvalue weighted by Gasteiger charge is 2.21. The smallest absolute Gasteiger partial charge is 0.326 e. The predicted octanol–water partition coefficient (Wildman–Crippen LogP) is 5.64. The molecule has 5 nitrogen and oxygen atoms in total. The van der Waals surface area contributed by atoms with Crippen molar-refractivity contribution in [2.24, 2.45) is 0 Å². The zero-order valence-corrected chi connectivity index (χ0v) is 17.9. The van der Waals surface area contributed by atoms with Gasteiger partial charge in [-0.05, 0) is 66.8 Å². The van der Waals surface area contributed by atoms with Crippen molar-refractivity contribution in [1.29, 1.82) is 0 Å². The molecule has 1 aliphatic heterocycles. The minimum absolute atomic E-state index is 0.189. The van der Waals surface area contributed by atoms with Crippen molar-refractivity contribution < 1.29 is 9.59 Å². The van der Waals surface area contributed by atoms with Crippen LogP contribution >= 0.6 is 11.6 Å². The van der Waals surface area contributed by atoms with E-state index in [2.05, 4.69) is 16.7 Å². The fourth-order valence-corrected chi connectivity index (χ4v) is 3.98. The second-order valence-corrected chi connectivity index (χ2v) is 8.00. The van der Waals surface area contributed by atoms with E-state index in [0.29, 0.717) is 29.4 Å². The summed E-state index contributed by atoms with van der Waals surface area (Å²) in [6.07, 6.45) is 2.99. The van der Waals surface area contributed by atoms with Crippen LogP contribution < -0.4 is 15.5 Å². The molecule has 1 heterocycles. The fourth-order valence-electron chi connectivity index (χ4n) is 3.76. The molecule has 0 spiro atoms. The number of para-hydroxylation sites is 1. The van der Waals surface area contributed by atoms with Gasteiger partial charge in [-0.1, -0.05) is 48.0 Å². The molecule has 2 N–H and O–H groups in total. The van der Waals surface area contributed by atoms with Crippen LogP contribution in [-0.2, 0) is 13.0 Å². The van der Waals surface area contributed by atoms with E-state index >= 15 is 0 Å². The van der Waals surface area contributed by atoms with Gasteiger partial charge in [-0.2, -0.15) is 0 Å². The molecule has 6 heteroatoms. The maximum Gasteiger partial charge on any atom is 0.326 e. The Hall–Kier alpha value is -3.31. The number of anilines is 2. The van der Waals surface area contributed by atoms with Gasteiger partial charge in [-0.25, -0.2) is 4.79 Å². The summed E-state index contributed by atoms with van der Waals surface area (Å²) in [5.74, 6) is -0.212. The molecule has 3 aromatic carbocycles. The lowest BCUT2D eigenvalue weighted by Gasteiger charge is -2.23. The van der Waals surface area contributed by atoms with Crippen molar-refractivity contribution in [3.05, 3.63) is 94.5 Å². The maximum absolute atomic E-state index is 13.0. The standard InChI is InChI=1S/C25H24ClN3O2/c26-21-11-5-7-18(15-21)17-27-24(30)20-10-6-12-22(16-20)28-25(31)29-14-4-3-9-19-8-1-2-13-23(19)29/h1-2,5-8,10-13,15-16H,3-4,9,14,17H2,(H,27,30)(H,28,31). The van der Waals surface area contributed by atoms with Crippen molar-refractivity contribution in [2.45, 2.75) is 25.8 Å². The van der Waals surface area contributed by atoms with Crippen molar-refractivity contribution >= 4 is 34.9 Å². The van der Waals surface area contributed by atoms with Gasteiger partial charge in [0.2, 0.25) is 0 Å². The number of nitrogens with one attached hydrogen (secondary N) is 2. The first-order valence-corrected chi connectivity index (χ1v) is 10.8. The Morgan fingerprint density at radius 2 is 1.77 bits per heavy atom. The number of hydrogen-bond donors (Lipinski definition) is 2. The summed E-state index contributed by atoms with van der Waals surface area (Å²) in [7, 11) is 0. The van der Waals surface area contributed by atoms with E-state index in [1.807, 2.05) is 36.4 Å². The molecule has 31 heavy (non-hydrogen) atoms. The predicted molar refractivity (Wildman–Crippen MR) is 125 cm³/mol. The first-order valence-electron chi connectivity index (χ1n) is 10.4. The van der Waals surface area contributed by atoms with E-state index in [1.54, 1.807) is 35.2 Å². The van der Waals surface area contributed by atoms with Gasteiger partial charge in [-0.3, -0.25) is 9.69 Å². The third kappa shape index (κ3) is 5.25. The molecule has 0 unspecified atom stereocenters. The highest BCUT2D eigenvalue weighted by atomic mass is 35.5. The molecule has 4 rings (SSSR count). The van der Waals surface area contributed by atoms with Gasteiger partial charge < -0.3 is 10.6 Å². The van der Waals surface area contributed by atoms with Crippen LogP contribution in [0.4, 0.5) is 16.2 Å². The Bertz CT molecular complexity index is 1100. The minimum atomic E-state index is -0.212. The molecule has 0 radical (unpaired) electrons. The lowest BCUT2D eigenvalue weighted by Crippen LogP contribution is -2.35. The molecule has 0 fully saturated rings. The molecule has 0 saturated heterocycles. The number of aryl methyl sites for hydroxylation is 1. The first-order chi connectivity index (χ1) is 15.1. The van der Waals surface area contributed by atoms with Crippen LogP contribution in [0, 0.1) is 0 Å². The summed E-state index contributed by atoms with van der Waals surface area (Å²) < 4.78 is 0. The SMILES string of the molecule is O=C(NCc1cccc(Cl)c1)c1cccc(NC(=O)N2CCCCc3ccccc32)c1. The van der Waals surface area contributed by atoms with Gasteiger partial charge in [-0.15, -0.1) is 0 Å². The Morgan fingerprint density at radius 3 is 2.65 bits per heavy atom. The zero-order valence-electron chi connectivity index (χ0n) is 17.1. The average molecular weight is 434 g/mol. The highest BCUT2D eigenvalue weighted by Crippen LogP contribution is 2.27. The third-order valence-electron chi connectivity index (χ3n) is 5.32. The molecular formula is C25H24ClN3O2. The summed E-state index contributed by atoms with van der Waals surface area (Å²) in [6.45, 7) is 1.04. The Morgan fingerprint density at radius 1 is 0.935 bits per heavy atom. The molecule has 0 aromatic heterocycles. The molecule has 0 atom stereocenters. The lowest BCUT2D eigenvalue weighted by atomic mass is 10.1. The van der Waals surface area contributed by atoms with Gasteiger partial charge in [0.05, 0.1) is 0 Å². The van der Waals surface area contributed by atoms with Gasteiger partial charge >= 0.3 is 6.03 Å². The Labute approximate surface area is 187 Å². The molecular weight excluding hydrogens is 410 g/mol. The second kappa shape index (κ2) is 9.67. The van der Waals surface area contributed by atoms with Crippen LogP contribution in [0.15, 0.2) is 72.8 Å². The van der Waals surface area contributed by atoms with Gasteiger partial charge in [0, 0.05) is 35.1 Å². The number of carbonyl (C=O) groups is 2. The monoisotopic (exact) mass is 433 g/mol. The highest BCUT2D eigenvalue weighted by molar-refractivity contribution is 6.30. The van der Waals surface area contributed by atoms with Crippen LogP contribution in [0.1, 0.15) is 34.3 Å². The topological polar surface area (TPSA) is 61.4 Å². The molecule has 158 valence electrons. The number of benzene rings is 3. The van der Waals surface area contributed by atoms with E-state index < -0.39 is 0 Å². The summed E-state index contributed by atoms with van der Waals surface area (Å²) in [6, 6.07) is 22.2. The first kappa shape index (κ1) is 20.9. The largest absolute Gasteiger partial charge is 0.348 e. The van der Waals surface area contributed by atoms with Crippen molar-refractivity contribution in [1.82, 2.24) is 5.32 Å². The van der Waals surface area contributed by atoms with Crippen LogP contribution in [0.3, 0.4) is 0 Å². The van der Waals surface area contributed by atoms with E-state index in [9.17, 15) is 9.59 Å². The fraction of sp³-hybridized carbons (Fsp3) is 0.200. The van der Waals surface area contributed by atoms with Gasteiger partial charge in [0.1, 0.15) is 0 Å². The number of amides is 3. The van der Waals surface area contributed by atoms with Gasteiger partial charge in [0.15, 0.2) is 0 Å². The van der Waals surface area contributed by atoms with Crippen LogP contribution in [0.5, 0.6) is 0 Å². The van der Waals surface area contributed by atoms with Gasteiger partial charge in [0.25, 0.3) is 5.91 Å². The molecule has 0 saturated carbocycles. The number of fused-ring (bicyclic) bond motifs is 1. The minimum Gasteiger partial charge on any atom is -0.348 e. The average Bonchev–Trinajstić information content (AvgIpc) is 3.00. The molecule has 0 bridgehead atoms. The number of hydrogen-bond acceptors (Lipinski definition) is 2. The Kier molecular flexibility index (Phi) is 6.53. The van der Waals surface area contributed by atoms with E-state index in [4.69, 9.17) is 11.6 Å². The molecule has 3 aromatic rings. The summed E-state index contributed by atoms with van der Waals surface area (Å²) in [5, 5.41) is 6.46. The number of halogens is 1. The van der Waals surface area contributed by atoms with Crippen LogP contribution in [0.25, 0.3) is 0 Å². The molecule has 1 aliphatic rings. The summed E-state index contributed by atoms with van der Waals surface area (Å²) in [4.78, 5) is 27.4. The molecule has 3 amide bonds. The zero-order chi connectivity index (χ0) is 21.6. The third-order valence-corrected chi connectivity index (χ3v) is 5.56. The normalized spacial score (nSPS) is 13.1. The van der Waals surface area contributed by atoms with Crippen LogP contribution in [-0.4, -0.2) is 18.5 Å². The van der Waals surface area contributed by atoms with E-state index in [1.165, 1.54) is 5.56 Å². The maximum atomic E-state index is 13.0. The number of nitrogens with zero attached hydrogens (tertiary/aromatic N) is 1. The number of rotatable bonds is 4. The van der Waals surface area contributed by atoms with Crippen LogP contribution in [0.2, 0.25) is 5.02 Å².